The van der Waals surface area contributed by atoms with Crippen LogP contribution in [0.25, 0.3) is 0 Å². The van der Waals surface area contributed by atoms with E-state index >= 15 is 0 Å². The molecule has 5 heteroatoms. The van der Waals surface area contributed by atoms with Gasteiger partial charge in [-0.3, -0.25) is 4.98 Å². The van der Waals surface area contributed by atoms with E-state index in [-0.39, 0.29) is 5.97 Å². The quantitative estimate of drug-likeness (QED) is 0.438. The summed E-state index contributed by atoms with van der Waals surface area (Å²) in [6, 6.07) is 3.50. The van der Waals surface area contributed by atoms with E-state index in [1.54, 1.807) is 12.1 Å². The van der Waals surface area contributed by atoms with Crippen LogP contribution in [0.2, 0.25) is 0 Å². The highest BCUT2D eigenvalue weighted by Crippen LogP contribution is 2.01. The Labute approximate surface area is 113 Å². The summed E-state index contributed by atoms with van der Waals surface area (Å²) in [5, 5.41) is 3.20. The molecule has 0 saturated heterocycles. The molecule has 0 spiro atoms. The monoisotopic (exact) mass is 264 g/mol. The van der Waals surface area contributed by atoms with Gasteiger partial charge < -0.3 is 14.8 Å². The molecule has 5 nitrogen and oxygen atoms in total. The van der Waals surface area contributed by atoms with E-state index in [0.717, 1.165) is 17.8 Å². The minimum atomic E-state index is -0.375. The van der Waals surface area contributed by atoms with Gasteiger partial charge in [0.05, 0.1) is 31.6 Å². The first kappa shape index (κ1) is 15.3. The van der Waals surface area contributed by atoms with E-state index in [2.05, 4.69) is 21.6 Å². The molecule has 104 valence electrons. The van der Waals surface area contributed by atoms with Crippen LogP contribution < -0.4 is 5.32 Å². The minimum absolute atomic E-state index is 0.375. The zero-order valence-corrected chi connectivity index (χ0v) is 11.4. The van der Waals surface area contributed by atoms with Gasteiger partial charge in [-0.25, -0.2) is 4.79 Å². The highest BCUT2D eigenvalue weighted by molar-refractivity contribution is 5.88. The number of methoxy groups -OCH3 is 1. The van der Waals surface area contributed by atoms with Crippen LogP contribution >= 0.6 is 0 Å². The molecule has 0 aliphatic rings. The van der Waals surface area contributed by atoms with E-state index in [4.69, 9.17) is 4.74 Å². The maximum atomic E-state index is 11.2. The number of aromatic nitrogens is 1. The smallest absolute Gasteiger partial charge is 0.339 e. The Kier molecular flexibility index (Phi) is 6.78. The van der Waals surface area contributed by atoms with Gasteiger partial charge >= 0.3 is 5.97 Å². The molecular weight excluding hydrogens is 244 g/mol. The highest BCUT2D eigenvalue weighted by atomic mass is 16.5. The van der Waals surface area contributed by atoms with E-state index in [0.29, 0.717) is 25.3 Å². The van der Waals surface area contributed by atoms with Crippen molar-refractivity contribution < 1.29 is 14.3 Å². The molecule has 0 unspecified atom stereocenters. The molecule has 1 aromatic rings. The number of carbonyl (C=O) groups is 1. The number of rotatable bonds is 8. The van der Waals surface area contributed by atoms with Gasteiger partial charge in [0.2, 0.25) is 0 Å². The number of ether oxygens (including phenoxy) is 2. The van der Waals surface area contributed by atoms with Crippen LogP contribution in [0.5, 0.6) is 0 Å². The third kappa shape index (κ3) is 6.13. The number of hydrogen-bond acceptors (Lipinski definition) is 5. The van der Waals surface area contributed by atoms with Crippen LogP contribution in [-0.2, 0) is 16.0 Å². The molecule has 1 aromatic heterocycles. The molecular formula is C14H20N2O3. The first-order valence-corrected chi connectivity index (χ1v) is 6.09. The Hall–Kier alpha value is -1.72. The van der Waals surface area contributed by atoms with Crippen molar-refractivity contribution in [2.45, 2.75) is 13.5 Å². The number of carbonyl (C=O) groups excluding carboxylic acids is 1. The van der Waals surface area contributed by atoms with Crippen molar-refractivity contribution >= 4 is 5.97 Å². The molecule has 0 aliphatic carbocycles. The third-order valence-corrected chi connectivity index (χ3v) is 2.32. The second-order valence-electron chi connectivity index (χ2n) is 4.22. The summed E-state index contributed by atoms with van der Waals surface area (Å²) in [4.78, 5) is 15.4. The molecule has 19 heavy (non-hydrogen) atoms. The fraction of sp³-hybridized carbons (Fsp3) is 0.429. The van der Waals surface area contributed by atoms with Crippen molar-refractivity contribution in [3.05, 3.63) is 41.7 Å². The number of pyridine rings is 1. The fourth-order valence-electron chi connectivity index (χ4n) is 1.37. The maximum absolute atomic E-state index is 11.2. The van der Waals surface area contributed by atoms with Crippen LogP contribution in [0, 0.1) is 0 Å². The minimum Gasteiger partial charge on any atom is -0.465 e. The number of nitrogens with zero attached hydrogens (tertiary/aromatic N) is 1. The molecule has 1 N–H and O–H groups in total. The van der Waals surface area contributed by atoms with Gasteiger partial charge in [0.1, 0.15) is 0 Å². The molecule has 0 radical (unpaired) electrons. The van der Waals surface area contributed by atoms with Crippen molar-refractivity contribution in [1.82, 2.24) is 10.3 Å². The number of hydrogen-bond donors (Lipinski definition) is 1. The predicted molar refractivity (Wildman–Crippen MR) is 72.9 cm³/mol. The lowest BCUT2D eigenvalue weighted by Crippen LogP contribution is -2.20. The topological polar surface area (TPSA) is 60.5 Å². The van der Waals surface area contributed by atoms with E-state index < -0.39 is 0 Å². The average Bonchev–Trinajstić information content (AvgIpc) is 2.42. The zero-order valence-electron chi connectivity index (χ0n) is 11.4. The Morgan fingerprint density at radius 1 is 1.47 bits per heavy atom. The molecule has 0 saturated carbocycles. The van der Waals surface area contributed by atoms with Gasteiger partial charge in [0.15, 0.2) is 0 Å². The Morgan fingerprint density at radius 3 is 2.84 bits per heavy atom. The van der Waals surface area contributed by atoms with Gasteiger partial charge in [-0.1, -0.05) is 12.2 Å². The largest absolute Gasteiger partial charge is 0.465 e. The summed E-state index contributed by atoms with van der Waals surface area (Å²) >= 11 is 0. The summed E-state index contributed by atoms with van der Waals surface area (Å²) < 4.78 is 9.96. The second-order valence-corrected chi connectivity index (χ2v) is 4.22. The van der Waals surface area contributed by atoms with Crippen LogP contribution in [0.15, 0.2) is 30.5 Å². The third-order valence-electron chi connectivity index (χ3n) is 2.32. The average molecular weight is 264 g/mol. The number of nitrogens with one attached hydrogen (secondary N) is 1. The second kappa shape index (κ2) is 8.39. The lowest BCUT2D eigenvalue weighted by atomic mass is 10.2. The Morgan fingerprint density at radius 2 is 2.26 bits per heavy atom. The predicted octanol–water partition coefficient (Wildman–Crippen LogP) is 1.55. The molecule has 0 bridgehead atoms. The van der Waals surface area contributed by atoms with Crippen molar-refractivity contribution in [3.8, 4) is 0 Å². The summed E-state index contributed by atoms with van der Waals surface area (Å²) in [7, 11) is 1.35. The molecule has 0 fully saturated rings. The maximum Gasteiger partial charge on any atom is 0.339 e. The van der Waals surface area contributed by atoms with E-state index in [1.807, 2.05) is 6.92 Å². The van der Waals surface area contributed by atoms with Crippen LogP contribution in [0.1, 0.15) is 23.0 Å². The summed E-state index contributed by atoms with van der Waals surface area (Å²) in [6.45, 7) is 8.29. The zero-order chi connectivity index (χ0) is 14.1. The highest BCUT2D eigenvalue weighted by Gasteiger charge is 2.04. The Bertz CT molecular complexity index is 415. The Balaban J connectivity index is 2.23. The summed E-state index contributed by atoms with van der Waals surface area (Å²) in [5.74, 6) is -0.375. The van der Waals surface area contributed by atoms with Crippen molar-refractivity contribution in [2.24, 2.45) is 0 Å². The van der Waals surface area contributed by atoms with Gasteiger partial charge in [-0.05, 0) is 19.1 Å². The van der Waals surface area contributed by atoms with Gasteiger partial charge in [-0.2, -0.15) is 0 Å². The lowest BCUT2D eigenvalue weighted by Gasteiger charge is -2.06. The molecule has 0 amide bonds. The van der Waals surface area contributed by atoms with E-state index in [1.165, 1.54) is 13.3 Å². The normalized spacial score (nSPS) is 10.2. The van der Waals surface area contributed by atoms with Crippen LogP contribution in [0.4, 0.5) is 0 Å². The molecule has 1 heterocycles. The molecule has 0 aliphatic heterocycles. The molecule has 0 atom stereocenters. The van der Waals surface area contributed by atoms with E-state index in [9.17, 15) is 4.79 Å². The van der Waals surface area contributed by atoms with Gasteiger partial charge in [-0.15, -0.1) is 0 Å². The fourth-order valence-corrected chi connectivity index (χ4v) is 1.37. The molecule has 1 rings (SSSR count). The van der Waals surface area contributed by atoms with Crippen molar-refractivity contribution in [3.63, 3.8) is 0 Å². The van der Waals surface area contributed by atoms with Crippen LogP contribution in [-0.4, -0.2) is 37.8 Å². The summed E-state index contributed by atoms with van der Waals surface area (Å²) in [5.41, 5.74) is 2.34. The SMILES string of the molecule is C=C(C)COCCNCc1ccc(C(=O)OC)cn1. The van der Waals surface area contributed by atoms with Crippen LogP contribution in [0.3, 0.4) is 0 Å². The van der Waals surface area contributed by atoms with Crippen molar-refractivity contribution in [1.29, 1.82) is 0 Å². The summed E-state index contributed by atoms with van der Waals surface area (Å²) in [6.07, 6.45) is 1.51. The molecule has 0 aromatic carbocycles. The lowest BCUT2D eigenvalue weighted by molar-refractivity contribution is 0.0600. The van der Waals surface area contributed by atoms with Gasteiger partial charge in [0, 0.05) is 19.3 Å². The standard InChI is InChI=1S/C14H20N2O3/c1-11(2)10-19-7-6-15-9-13-5-4-12(8-16-13)14(17)18-3/h4-5,8,15H,1,6-7,9-10H2,2-3H3. The van der Waals surface area contributed by atoms with Gasteiger partial charge in [0.25, 0.3) is 0 Å². The number of esters is 1. The van der Waals surface area contributed by atoms with Crippen molar-refractivity contribution in [2.75, 3.05) is 26.9 Å². The first-order chi connectivity index (χ1) is 9.13. The first-order valence-electron chi connectivity index (χ1n) is 6.09.